The minimum absolute atomic E-state index is 0.130. The Balaban J connectivity index is 1.17. The van der Waals surface area contributed by atoms with Crippen molar-refractivity contribution in [3.8, 4) is 5.75 Å². The number of hydrogen-bond acceptors (Lipinski definition) is 5. The number of nitrogens with zero attached hydrogens (tertiary/aromatic N) is 1. The number of benzene rings is 2. The summed E-state index contributed by atoms with van der Waals surface area (Å²) in [6, 6.07) is 23.1. The molecule has 2 aliphatic rings. The second-order valence-corrected chi connectivity index (χ2v) is 9.55. The van der Waals surface area contributed by atoms with Crippen LogP contribution in [-0.4, -0.2) is 23.3 Å². The van der Waals surface area contributed by atoms with Crippen LogP contribution in [0.1, 0.15) is 57.6 Å². The molecular weight excluding hydrogens is 468 g/mol. The lowest BCUT2D eigenvalue weighted by Gasteiger charge is -2.38. The zero-order chi connectivity index (χ0) is 25.2. The van der Waals surface area contributed by atoms with Crippen LogP contribution in [0, 0.1) is 5.92 Å². The predicted molar refractivity (Wildman–Crippen MR) is 136 cm³/mol. The van der Waals surface area contributed by atoms with Gasteiger partial charge in [-0.2, -0.15) is 0 Å². The molecule has 7 nitrogen and oxygen atoms in total. The molecule has 1 saturated carbocycles. The third kappa shape index (κ3) is 5.03. The van der Waals surface area contributed by atoms with E-state index < -0.39 is 0 Å². The first-order valence-corrected chi connectivity index (χ1v) is 12.7. The Labute approximate surface area is 215 Å². The van der Waals surface area contributed by atoms with Crippen LogP contribution in [0.4, 0.5) is 0 Å². The van der Waals surface area contributed by atoms with Crippen molar-refractivity contribution >= 4 is 11.8 Å². The van der Waals surface area contributed by atoms with Crippen LogP contribution < -0.4 is 10.1 Å². The lowest BCUT2D eigenvalue weighted by atomic mass is 9.87. The monoisotopic (exact) mass is 496 g/mol. The summed E-state index contributed by atoms with van der Waals surface area (Å²) in [7, 11) is 0. The molecule has 7 heteroatoms. The van der Waals surface area contributed by atoms with Crippen molar-refractivity contribution in [1.29, 1.82) is 0 Å². The molecule has 0 saturated heterocycles. The first kappa shape index (κ1) is 23.2. The molecule has 0 bridgehead atoms. The van der Waals surface area contributed by atoms with Crippen LogP contribution in [0.25, 0.3) is 0 Å². The molecule has 1 atom stereocenters. The van der Waals surface area contributed by atoms with Crippen molar-refractivity contribution in [1.82, 2.24) is 10.2 Å². The maximum Gasteiger partial charge on any atom is 0.287 e. The van der Waals surface area contributed by atoms with Gasteiger partial charge in [-0.05, 0) is 72.4 Å². The number of hydrogen-bond donors (Lipinski definition) is 1. The van der Waals surface area contributed by atoms with Crippen molar-refractivity contribution in [2.24, 2.45) is 5.92 Å². The van der Waals surface area contributed by atoms with Gasteiger partial charge in [0, 0.05) is 12.5 Å². The molecule has 1 aliphatic heterocycles. The summed E-state index contributed by atoms with van der Waals surface area (Å²) >= 11 is 0. The predicted octanol–water partition coefficient (Wildman–Crippen LogP) is 5.27. The quantitative estimate of drug-likeness (QED) is 0.359. The van der Waals surface area contributed by atoms with Crippen molar-refractivity contribution < 1.29 is 23.2 Å². The molecule has 2 amide bonds. The van der Waals surface area contributed by atoms with Gasteiger partial charge in [-0.25, -0.2) is 0 Å². The summed E-state index contributed by atoms with van der Waals surface area (Å²) in [5.74, 6) is 2.22. The van der Waals surface area contributed by atoms with Crippen LogP contribution >= 0.6 is 0 Å². The summed E-state index contributed by atoms with van der Waals surface area (Å²) in [4.78, 5) is 27.6. The highest BCUT2D eigenvalue weighted by Crippen LogP contribution is 2.41. The highest BCUT2D eigenvalue weighted by molar-refractivity contribution is 5.91. The summed E-state index contributed by atoms with van der Waals surface area (Å²) < 4.78 is 17.0. The van der Waals surface area contributed by atoms with Crippen molar-refractivity contribution in [2.45, 2.75) is 38.5 Å². The van der Waals surface area contributed by atoms with Gasteiger partial charge in [-0.1, -0.05) is 36.4 Å². The fourth-order valence-electron chi connectivity index (χ4n) is 4.88. The molecule has 1 unspecified atom stereocenters. The van der Waals surface area contributed by atoms with Gasteiger partial charge in [0.05, 0.1) is 18.8 Å². The van der Waals surface area contributed by atoms with Crippen LogP contribution in [0.5, 0.6) is 5.75 Å². The van der Waals surface area contributed by atoms with Gasteiger partial charge in [-0.15, -0.1) is 0 Å². The molecular formula is C30H28N2O5. The fourth-order valence-corrected chi connectivity index (χ4v) is 4.88. The highest BCUT2D eigenvalue weighted by Gasteiger charge is 2.39. The molecule has 2 aromatic heterocycles. The largest absolute Gasteiger partial charge is 0.486 e. The molecule has 0 radical (unpaired) electrons. The van der Waals surface area contributed by atoms with Gasteiger partial charge in [0.25, 0.3) is 5.91 Å². The van der Waals surface area contributed by atoms with E-state index in [1.54, 1.807) is 30.5 Å². The van der Waals surface area contributed by atoms with Crippen molar-refractivity contribution in [3.63, 3.8) is 0 Å². The van der Waals surface area contributed by atoms with Crippen LogP contribution in [0.15, 0.2) is 87.9 Å². The van der Waals surface area contributed by atoms with E-state index in [-0.39, 0.29) is 42.7 Å². The van der Waals surface area contributed by atoms with Crippen LogP contribution in [-0.2, 0) is 24.4 Å². The third-order valence-electron chi connectivity index (χ3n) is 6.94. The number of amides is 2. The van der Waals surface area contributed by atoms with E-state index in [4.69, 9.17) is 13.6 Å². The first-order valence-electron chi connectivity index (χ1n) is 12.7. The number of carbonyl (C=O) groups excluding carboxylic acids is 2. The van der Waals surface area contributed by atoms with E-state index in [1.807, 2.05) is 35.2 Å². The lowest BCUT2D eigenvalue weighted by molar-refractivity contribution is -0.134. The molecule has 188 valence electrons. The van der Waals surface area contributed by atoms with Crippen molar-refractivity contribution in [2.75, 3.05) is 6.54 Å². The number of ether oxygens (including phenoxy) is 1. The molecule has 0 spiro atoms. The number of rotatable bonds is 8. The molecule has 1 N–H and O–H groups in total. The van der Waals surface area contributed by atoms with Crippen molar-refractivity contribution in [3.05, 3.63) is 113 Å². The summed E-state index contributed by atoms with van der Waals surface area (Å²) in [6.07, 6.45) is 4.36. The molecule has 37 heavy (non-hydrogen) atoms. The van der Waals surface area contributed by atoms with E-state index in [9.17, 15) is 9.59 Å². The van der Waals surface area contributed by atoms with Gasteiger partial charge in [0.1, 0.15) is 23.9 Å². The fraction of sp³-hybridized carbons (Fsp3) is 0.267. The maximum atomic E-state index is 13.2. The normalized spacial score (nSPS) is 16.8. The minimum atomic E-state index is -0.317. The van der Waals surface area contributed by atoms with Gasteiger partial charge >= 0.3 is 0 Å². The van der Waals surface area contributed by atoms with Crippen LogP contribution in [0.3, 0.4) is 0 Å². The van der Waals surface area contributed by atoms with E-state index in [1.165, 1.54) is 5.56 Å². The number of nitrogens with one attached hydrogen (secondary N) is 1. The number of carbonyl (C=O) groups is 2. The summed E-state index contributed by atoms with van der Waals surface area (Å²) in [6.45, 7) is 1.20. The van der Waals surface area contributed by atoms with E-state index in [0.29, 0.717) is 17.3 Å². The Kier molecular flexibility index (Phi) is 6.26. The number of furan rings is 2. The minimum Gasteiger partial charge on any atom is -0.486 e. The lowest BCUT2D eigenvalue weighted by Crippen LogP contribution is -2.41. The molecule has 3 heterocycles. The molecule has 1 fully saturated rings. The van der Waals surface area contributed by atoms with Gasteiger partial charge in [0.2, 0.25) is 5.91 Å². The Bertz CT molecular complexity index is 1390. The maximum absolute atomic E-state index is 13.2. The topological polar surface area (TPSA) is 84.9 Å². The first-order chi connectivity index (χ1) is 18.2. The number of fused-ring (bicyclic) bond motifs is 1. The molecule has 2 aromatic carbocycles. The second-order valence-electron chi connectivity index (χ2n) is 9.55. The average Bonchev–Trinajstić information content (AvgIpc) is 3.44. The Morgan fingerprint density at radius 1 is 0.973 bits per heavy atom. The zero-order valence-corrected chi connectivity index (χ0v) is 20.4. The van der Waals surface area contributed by atoms with Gasteiger partial charge < -0.3 is 23.8 Å². The molecule has 1 aliphatic carbocycles. The standard InChI is InChI=1S/C30H28N2O5/c33-29(31-18-24-7-4-16-35-24)27-13-12-25(37-27)19-36-23-11-10-20-14-15-32(30(34)22-8-9-22)28(26(20)17-23)21-5-2-1-3-6-21/h1-7,10-13,16-17,22,28H,8-9,14-15,18-19H2,(H,31,33). The van der Waals surface area contributed by atoms with E-state index in [2.05, 4.69) is 23.5 Å². The summed E-state index contributed by atoms with van der Waals surface area (Å²) in [5.41, 5.74) is 3.43. The molecule has 6 rings (SSSR count). The Hall–Kier alpha value is -4.26. The van der Waals surface area contributed by atoms with Gasteiger partial charge in [-0.3, -0.25) is 9.59 Å². The molecule has 4 aromatic rings. The second kappa shape index (κ2) is 10.0. The average molecular weight is 497 g/mol. The highest BCUT2D eigenvalue weighted by atomic mass is 16.5. The van der Waals surface area contributed by atoms with Crippen LogP contribution in [0.2, 0.25) is 0 Å². The van der Waals surface area contributed by atoms with E-state index in [0.717, 1.165) is 36.9 Å². The Morgan fingerprint density at radius 2 is 1.84 bits per heavy atom. The van der Waals surface area contributed by atoms with Gasteiger partial charge in [0.15, 0.2) is 5.76 Å². The zero-order valence-electron chi connectivity index (χ0n) is 20.4. The SMILES string of the molecule is O=C(NCc1ccco1)c1ccc(COc2ccc3c(c2)C(c2ccccc2)N(C(=O)C2CC2)CC3)o1. The Morgan fingerprint density at radius 3 is 2.62 bits per heavy atom. The third-order valence-corrected chi connectivity index (χ3v) is 6.94. The van der Waals surface area contributed by atoms with E-state index >= 15 is 0 Å². The smallest absolute Gasteiger partial charge is 0.287 e. The summed E-state index contributed by atoms with van der Waals surface area (Å²) in [5, 5.41) is 2.77.